The van der Waals surface area contributed by atoms with Crippen LogP contribution < -0.4 is 4.90 Å². The molecule has 0 aliphatic heterocycles. The maximum Gasteiger partial charge on any atom is 0.328 e. The monoisotopic (exact) mass is 288 g/mol. The number of anilines is 1. The fraction of sp³-hybridized carbons (Fsp3) is 0.417. The first-order chi connectivity index (χ1) is 9.22. The van der Waals surface area contributed by atoms with E-state index in [4.69, 9.17) is 5.11 Å². The van der Waals surface area contributed by atoms with E-state index in [-0.39, 0.29) is 18.2 Å². The molecule has 0 bridgehead atoms. The Bertz CT molecular complexity index is 534. The molecule has 0 amide bonds. The molecule has 0 fully saturated rings. The largest absolute Gasteiger partial charge is 0.480 e. The predicted molar refractivity (Wildman–Crippen MR) is 67.7 cm³/mol. The van der Waals surface area contributed by atoms with E-state index in [0.717, 1.165) is 11.0 Å². The lowest BCUT2D eigenvalue weighted by atomic mass is 10.1. The van der Waals surface area contributed by atoms with Gasteiger partial charge in [-0.3, -0.25) is 14.9 Å². The molecule has 0 aliphatic rings. The van der Waals surface area contributed by atoms with Gasteiger partial charge in [0.25, 0.3) is 0 Å². The standard InChI is InChI=1S/C12H14F2N2O4/c1-7(2)5-15(6-11(17)18)10-4-8(13)3-9(14)12(10)16(19)20/h3-4,7H,5-6H2,1-2H3,(H,17,18). The lowest BCUT2D eigenvalue weighted by Crippen LogP contribution is -2.33. The number of hydrogen-bond acceptors (Lipinski definition) is 4. The maximum absolute atomic E-state index is 13.5. The van der Waals surface area contributed by atoms with E-state index in [1.165, 1.54) is 0 Å². The molecule has 0 atom stereocenters. The number of nitro groups is 1. The number of carboxylic acid groups (broad SMARTS) is 1. The van der Waals surface area contributed by atoms with Crippen molar-refractivity contribution < 1.29 is 23.6 Å². The van der Waals surface area contributed by atoms with E-state index in [1.807, 2.05) is 0 Å². The van der Waals surface area contributed by atoms with Crippen molar-refractivity contribution in [3.05, 3.63) is 33.9 Å². The van der Waals surface area contributed by atoms with Crippen molar-refractivity contribution >= 4 is 17.3 Å². The SMILES string of the molecule is CC(C)CN(CC(=O)O)c1cc(F)cc(F)c1[N+](=O)[O-]. The highest BCUT2D eigenvalue weighted by atomic mass is 19.1. The van der Waals surface area contributed by atoms with Crippen LogP contribution in [0.25, 0.3) is 0 Å². The van der Waals surface area contributed by atoms with E-state index >= 15 is 0 Å². The Balaban J connectivity index is 3.36. The molecule has 0 saturated carbocycles. The summed E-state index contributed by atoms with van der Waals surface area (Å²) < 4.78 is 26.8. The van der Waals surface area contributed by atoms with Crippen molar-refractivity contribution in [2.75, 3.05) is 18.0 Å². The summed E-state index contributed by atoms with van der Waals surface area (Å²) in [7, 11) is 0. The minimum Gasteiger partial charge on any atom is -0.480 e. The third kappa shape index (κ3) is 3.87. The van der Waals surface area contributed by atoms with Crippen LogP contribution in [-0.2, 0) is 4.79 Å². The summed E-state index contributed by atoms with van der Waals surface area (Å²) >= 11 is 0. The fourth-order valence-electron chi connectivity index (χ4n) is 1.83. The zero-order valence-corrected chi connectivity index (χ0v) is 11.0. The molecule has 1 aromatic rings. The number of benzene rings is 1. The summed E-state index contributed by atoms with van der Waals surface area (Å²) in [6, 6.07) is 1.17. The Morgan fingerprint density at radius 3 is 2.50 bits per heavy atom. The molecule has 0 radical (unpaired) electrons. The van der Waals surface area contributed by atoms with Gasteiger partial charge in [-0.15, -0.1) is 0 Å². The molecule has 110 valence electrons. The van der Waals surface area contributed by atoms with Gasteiger partial charge in [0.1, 0.15) is 18.0 Å². The fourth-order valence-corrected chi connectivity index (χ4v) is 1.83. The quantitative estimate of drug-likeness (QED) is 0.642. The van der Waals surface area contributed by atoms with Gasteiger partial charge < -0.3 is 10.0 Å². The highest BCUT2D eigenvalue weighted by molar-refractivity contribution is 5.76. The first kappa shape index (κ1) is 15.8. The normalized spacial score (nSPS) is 10.7. The van der Waals surface area contributed by atoms with Gasteiger partial charge in [-0.25, -0.2) is 4.39 Å². The van der Waals surface area contributed by atoms with Crippen molar-refractivity contribution in [2.45, 2.75) is 13.8 Å². The van der Waals surface area contributed by atoms with Gasteiger partial charge in [0.15, 0.2) is 0 Å². The molecule has 0 heterocycles. The number of rotatable bonds is 6. The third-order valence-electron chi connectivity index (χ3n) is 2.44. The minimum atomic E-state index is -1.33. The third-order valence-corrected chi connectivity index (χ3v) is 2.44. The molecule has 1 aromatic carbocycles. The van der Waals surface area contributed by atoms with Gasteiger partial charge >= 0.3 is 11.7 Å². The Kier molecular flexibility index (Phi) is 4.95. The van der Waals surface area contributed by atoms with Crippen molar-refractivity contribution in [1.82, 2.24) is 0 Å². The number of carbonyl (C=O) groups is 1. The van der Waals surface area contributed by atoms with Crippen molar-refractivity contribution in [1.29, 1.82) is 0 Å². The molecule has 1 rings (SSSR count). The number of nitrogens with zero attached hydrogens (tertiary/aromatic N) is 2. The van der Waals surface area contributed by atoms with Gasteiger partial charge in [-0.2, -0.15) is 4.39 Å². The number of carboxylic acids is 1. The lowest BCUT2D eigenvalue weighted by molar-refractivity contribution is -0.386. The molecular weight excluding hydrogens is 274 g/mol. The molecule has 0 aromatic heterocycles. The molecule has 0 aliphatic carbocycles. The zero-order chi connectivity index (χ0) is 15.4. The van der Waals surface area contributed by atoms with E-state index in [0.29, 0.717) is 6.07 Å². The molecule has 8 heteroatoms. The van der Waals surface area contributed by atoms with E-state index in [2.05, 4.69) is 0 Å². The average molecular weight is 288 g/mol. The zero-order valence-electron chi connectivity index (χ0n) is 11.0. The number of aliphatic carboxylic acids is 1. The second kappa shape index (κ2) is 6.27. The van der Waals surface area contributed by atoms with Crippen LogP contribution in [0.2, 0.25) is 0 Å². The predicted octanol–water partition coefficient (Wildman–Crippen LogP) is 2.42. The Morgan fingerprint density at radius 2 is 2.05 bits per heavy atom. The molecule has 0 unspecified atom stereocenters. The lowest BCUT2D eigenvalue weighted by Gasteiger charge is -2.24. The first-order valence-corrected chi connectivity index (χ1v) is 5.82. The van der Waals surface area contributed by atoms with E-state index in [9.17, 15) is 23.7 Å². The van der Waals surface area contributed by atoms with E-state index < -0.39 is 34.8 Å². The molecular formula is C12H14F2N2O4. The van der Waals surface area contributed by atoms with Crippen LogP contribution in [0, 0.1) is 27.7 Å². The molecule has 6 nitrogen and oxygen atoms in total. The van der Waals surface area contributed by atoms with Crippen LogP contribution in [0.15, 0.2) is 12.1 Å². The van der Waals surface area contributed by atoms with Crippen LogP contribution in [0.1, 0.15) is 13.8 Å². The summed E-state index contributed by atoms with van der Waals surface area (Å²) in [5.74, 6) is -3.61. The minimum absolute atomic E-state index is 0.0414. The summed E-state index contributed by atoms with van der Waals surface area (Å²) in [6.45, 7) is 3.06. The number of hydrogen-bond donors (Lipinski definition) is 1. The van der Waals surface area contributed by atoms with Crippen LogP contribution in [0.5, 0.6) is 0 Å². The second-order valence-corrected chi connectivity index (χ2v) is 4.68. The summed E-state index contributed by atoms with van der Waals surface area (Å²) in [5.41, 5.74) is -1.29. The van der Waals surface area contributed by atoms with Gasteiger partial charge in [0.2, 0.25) is 5.82 Å². The highest BCUT2D eigenvalue weighted by Gasteiger charge is 2.27. The molecule has 0 spiro atoms. The van der Waals surface area contributed by atoms with E-state index in [1.54, 1.807) is 13.8 Å². The van der Waals surface area contributed by atoms with Gasteiger partial charge in [0, 0.05) is 18.7 Å². The van der Waals surface area contributed by atoms with Gasteiger partial charge in [0.05, 0.1) is 4.92 Å². The summed E-state index contributed by atoms with van der Waals surface area (Å²) in [6.07, 6.45) is 0. The van der Waals surface area contributed by atoms with Crippen LogP contribution in [0.4, 0.5) is 20.2 Å². The Labute approximate surface area is 113 Å². The average Bonchev–Trinajstić information content (AvgIpc) is 2.24. The number of nitro benzene ring substituents is 1. The summed E-state index contributed by atoms with van der Waals surface area (Å²) in [4.78, 5) is 21.8. The Hall–Kier alpha value is -2.25. The number of halogens is 2. The summed E-state index contributed by atoms with van der Waals surface area (Å²) in [5, 5.41) is 19.7. The van der Waals surface area contributed by atoms with Crippen LogP contribution in [-0.4, -0.2) is 29.1 Å². The second-order valence-electron chi connectivity index (χ2n) is 4.68. The highest BCUT2D eigenvalue weighted by Crippen LogP contribution is 2.32. The van der Waals surface area contributed by atoms with Crippen molar-refractivity contribution in [3.8, 4) is 0 Å². The molecule has 20 heavy (non-hydrogen) atoms. The van der Waals surface area contributed by atoms with Crippen molar-refractivity contribution in [3.63, 3.8) is 0 Å². The van der Waals surface area contributed by atoms with Crippen LogP contribution in [0.3, 0.4) is 0 Å². The topological polar surface area (TPSA) is 83.7 Å². The molecule has 1 N–H and O–H groups in total. The maximum atomic E-state index is 13.5. The smallest absolute Gasteiger partial charge is 0.328 e. The van der Waals surface area contributed by atoms with Crippen molar-refractivity contribution in [2.24, 2.45) is 5.92 Å². The van der Waals surface area contributed by atoms with Gasteiger partial charge in [-0.1, -0.05) is 13.8 Å². The first-order valence-electron chi connectivity index (χ1n) is 5.82. The molecule has 0 saturated heterocycles. The Morgan fingerprint density at radius 1 is 1.45 bits per heavy atom. The van der Waals surface area contributed by atoms with Gasteiger partial charge in [-0.05, 0) is 5.92 Å². The van der Waals surface area contributed by atoms with Crippen LogP contribution >= 0.6 is 0 Å².